The molecule has 1 N–H and O–H groups in total. The number of hydrogen-bond donors (Lipinski definition) is 1. The van der Waals surface area contributed by atoms with Crippen molar-refractivity contribution in [2.75, 3.05) is 0 Å². The Bertz CT molecular complexity index is 691. The number of rotatable bonds is 3. The first kappa shape index (κ1) is 12.2. The van der Waals surface area contributed by atoms with Crippen LogP contribution < -0.4 is 0 Å². The predicted molar refractivity (Wildman–Crippen MR) is 79.3 cm³/mol. The zero-order chi connectivity index (χ0) is 13.2. The molecule has 96 valence electrons. The average molecular weight is 269 g/mol. The first-order valence-electron chi connectivity index (χ1n) is 6.26. The lowest BCUT2D eigenvalue weighted by atomic mass is 10.2. The number of nitrogens with one attached hydrogen (secondary N) is 1. The molecule has 0 fully saturated rings. The van der Waals surface area contributed by atoms with Crippen LogP contribution in [0.5, 0.6) is 0 Å². The van der Waals surface area contributed by atoms with E-state index in [4.69, 9.17) is 0 Å². The molecule has 0 bridgehead atoms. The van der Waals surface area contributed by atoms with Crippen LogP contribution in [0.25, 0.3) is 11.0 Å². The SMILES string of the molecule is Cc1ccc2nc(S[C@H](C)c3ccccn3)[nH]c2c1. The number of thioether (sulfide) groups is 1. The van der Waals surface area contributed by atoms with Crippen molar-refractivity contribution < 1.29 is 0 Å². The smallest absolute Gasteiger partial charge is 0.167 e. The van der Waals surface area contributed by atoms with Crippen LogP contribution in [0.3, 0.4) is 0 Å². The zero-order valence-corrected chi connectivity index (χ0v) is 11.7. The molecule has 0 aliphatic rings. The quantitative estimate of drug-likeness (QED) is 0.727. The Hall–Kier alpha value is -1.81. The molecule has 0 saturated carbocycles. The second-order valence-electron chi connectivity index (χ2n) is 4.58. The van der Waals surface area contributed by atoms with E-state index in [1.165, 1.54) is 5.56 Å². The summed E-state index contributed by atoms with van der Waals surface area (Å²) in [5.74, 6) is 0. The summed E-state index contributed by atoms with van der Waals surface area (Å²) in [5.41, 5.74) is 4.42. The topological polar surface area (TPSA) is 41.6 Å². The number of hydrogen-bond acceptors (Lipinski definition) is 3. The third-order valence-electron chi connectivity index (χ3n) is 3.01. The molecule has 19 heavy (non-hydrogen) atoms. The maximum atomic E-state index is 4.60. The Balaban J connectivity index is 1.85. The summed E-state index contributed by atoms with van der Waals surface area (Å²) in [4.78, 5) is 12.3. The van der Waals surface area contributed by atoms with Gasteiger partial charge in [-0.2, -0.15) is 0 Å². The molecule has 3 nitrogen and oxygen atoms in total. The highest BCUT2D eigenvalue weighted by Gasteiger charge is 2.11. The lowest BCUT2D eigenvalue weighted by Gasteiger charge is -2.07. The van der Waals surface area contributed by atoms with Crippen molar-refractivity contribution in [3.05, 3.63) is 53.9 Å². The lowest BCUT2D eigenvalue weighted by Crippen LogP contribution is -1.92. The van der Waals surface area contributed by atoms with Gasteiger partial charge >= 0.3 is 0 Å². The van der Waals surface area contributed by atoms with Gasteiger partial charge in [0.15, 0.2) is 5.16 Å². The predicted octanol–water partition coefficient (Wildman–Crippen LogP) is 4.12. The van der Waals surface area contributed by atoms with Crippen LogP contribution in [0.15, 0.2) is 47.8 Å². The van der Waals surface area contributed by atoms with Crippen LogP contribution >= 0.6 is 11.8 Å². The number of fused-ring (bicyclic) bond motifs is 1. The van der Waals surface area contributed by atoms with E-state index in [2.05, 4.69) is 47.0 Å². The third-order valence-corrected chi connectivity index (χ3v) is 4.02. The Morgan fingerprint density at radius 3 is 2.89 bits per heavy atom. The molecule has 0 spiro atoms. The van der Waals surface area contributed by atoms with Crippen LogP contribution in [-0.4, -0.2) is 15.0 Å². The largest absolute Gasteiger partial charge is 0.333 e. The lowest BCUT2D eigenvalue weighted by molar-refractivity contribution is 0.984. The molecule has 0 aliphatic carbocycles. The molecule has 4 heteroatoms. The Morgan fingerprint density at radius 2 is 2.11 bits per heavy atom. The van der Waals surface area contributed by atoms with Crippen LogP contribution in [0.1, 0.15) is 23.4 Å². The molecule has 2 heterocycles. The van der Waals surface area contributed by atoms with Gasteiger partial charge in [-0.3, -0.25) is 4.98 Å². The van der Waals surface area contributed by atoms with E-state index in [0.717, 1.165) is 21.9 Å². The van der Waals surface area contributed by atoms with Crippen molar-refractivity contribution in [1.29, 1.82) is 0 Å². The molecule has 1 aromatic carbocycles. The van der Waals surface area contributed by atoms with Crippen molar-refractivity contribution in [2.24, 2.45) is 0 Å². The maximum absolute atomic E-state index is 4.60. The Morgan fingerprint density at radius 1 is 1.21 bits per heavy atom. The van der Waals surface area contributed by atoms with Gasteiger partial charge in [0, 0.05) is 6.20 Å². The fraction of sp³-hybridized carbons (Fsp3) is 0.200. The van der Waals surface area contributed by atoms with Crippen molar-refractivity contribution >= 4 is 22.8 Å². The summed E-state index contributed by atoms with van der Waals surface area (Å²) in [7, 11) is 0. The molecule has 2 aromatic heterocycles. The molecule has 3 rings (SSSR count). The fourth-order valence-corrected chi connectivity index (χ4v) is 2.92. The number of aromatic nitrogens is 3. The highest BCUT2D eigenvalue weighted by molar-refractivity contribution is 7.99. The van der Waals surface area contributed by atoms with E-state index in [1.54, 1.807) is 11.8 Å². The number of pyridine rings is 1. The van der Waals surface area contributed by atoms with Gasteiger partial charge in [-0.15, -0.1) is 0 Å². The van der Waals surface area contributed by atoms with Crippen LogP contribution in [-0.2, 0) is 0 Å². The summed E-state index contributed by atoms with van der Waals surface area (Å²) >= 11 is 1.70. The second-order valence-corrected chi connectivity index (χ2v) is 5.91. The molecule has 0 radical (unpaired) electrons. The van der Waals surface area contributed by atoms with Gasteiger partial charge in [-0.1, -0.05) is 23.9 Å². The van der Waals surface area contributed by atoms with E-state index < -0.39 is 0 Å². The summed E-state index contributed by atoms with van der Waals surface area (Å²) in [6, 6.07) is 12.3. The number of aryl methyl sites for hydroxylation is 1. The highest BCUT2D eigenvalue weighted by Crippen LogP contribution is 2.32. The van der Waals surface area contributed by atoms with Crippen LogP contribution in [0.2, 0.25) is 0 Å². The van der Waals surface area contributed by atoms with Gasteiger partial charge in [0.25, 0.3) is 0 Å². The van der Waals surface area contributed by atoms with E-state index in [1.807, 2.05) is 24.4 Å². The Kier molecular flexibility index (Phi) is 3.25. The van der Waals surface area contributed by atoms with Crippen LogP contribution in [0, 0.1) is 6.92 Å². The summed E-state index contributed by atoms with van der Waals surface area (Å²) < 4.78 is 0. The van der Waals surface area contributed by atoms with E-state index >= 15 is 0 Å². The van der Waals surface area contributed by atoms with Crippen molar-refractivity contribution in [2.45, 2.75) is 24.3 Å². The number of aromatic amines is 1. The Labute approximate surface area is 116 Å². The van der Waals surface area contributed by atoms with Gasteiger partial charge < -0.3 is 4.98 Å². The third kappa shape index (κ3) is 2.63. The van der Waals surface area contributed by atoms with Crippen LogP contribution in [0.4, 0.5) is 0 Å². The first-order valence-corrected chi connectivity index (χ1v) is 7.14. The van der Waals surface area contributed by atoms with E-state index in [9.17, 15) is 0 Å². The summed E-state index contributed by atoms with van der Waals surface area (Å²) in [6.07, 6.45) is 1.83. The maximum Gasteiger partial charge on any atom is 0.167 e. The van der Waals surface area contributed by atoms with Gasteiger partial charge in [0.2, 0.25) is 0 Å². The monoisotopic (exact) mass is 269 g/mol. The molecule has 1 atom stereocenters. The summed E-state index contributed by atoms with van der Waals surface area (Å²) in [5, 5.41) is 1.22. The van der Waals surface area contributed by atoms with Gasteiger partial charge in [-0.05, 0) is 43.7 Å². The molecule has 0 saturated heterocycles. The normalized spacial score (nSPS) is 12.7. The molecule has 3 aromatic rings. The molecular formula is C15H15N3S. The number of H-pyrrole nitrogens is 1. The highest BCUT2D eigenvalue weighted by atomic mass is 32.2. The second kappa shape index (κ2) is 5.05. The molecule has 0 amide bonds. The number of nitrogens with zero attached hydrogens (tertiary/aromatic N) is 2. The number of imidazole rings is 1. The van der Waals surface area contributed by atoms with Crippen molar-refractivity contribution in [3.8, 4) is 0 Å². The van der Waals surface area contributed by atoms with E-state index in [-0.39, 0.29) is 5.25 Å². The average Bonchev–Trinajstić information content (AvgIpc) is 2.81. The minimum Gasteiger partial charge on any atom is -0.333 e. The molecule has 0 unspecified atom stereocenters. The molecule has 0 aliphatic heterocycles. The molecular weight excluding hydrogens is 254 g/mol. The minimum atomic E-state index is 0.280. The zero-order valence-electron chi connectivity index (χ0n) is 10.9. The van der Waals surface area contributed by atoms with Crippen molar-refractivity contribution in [1.82, 2.24) is 15.0 Å². The van der Waals surface area contributed by atoms with Gasteiger partial charge in [-0.25, -0.2) is 4.98 Å². The van der Waals surface area contributed by atoms with Gasteiger partial charge in [0.05, 0.1) is 22.0 Å². The fourth-order valence-electron chi connectivity index (χ4n) is 2.00. The van der Waals surface area contributed by atoms with E-state index in [0.29, 0.717) is 0 Å². The standard InChI is InChI=1S/C15H15N3S/c1-10-6-7-13-14(9-10)18-15(17-13)19-11(2)12-5-3-4-8-16-12/h3-9,11H,1-2H3,(H,17,18)/t11-/m1/s1. The number of benzene rings is 1. The summed E-state index contributed by atoms with van der Waals surface area (Å²) in [6.45, 7) is 4.23. The van der Waals surface area contributed by atoms with Crippen molar-refractivity contribution in [3.63, 3.8) is 0 Å². The van der Waals surface area contributed by atoms with Gasteiger partial charge in [0.1, 0.15) is 0 Å². The first-order chi connectivity index (χ1) is 9.22. The minimum absolute atomic E-state index is 0.280.